The van der Waals surface area contributed by atoms with Crippen molar-refractivity contribution in [3.63, 3.8) is 0 Å². The monoisotopic (exact) mass is 464 g/mol. The molecule has 12 nitrogen and oxygen atoms in total. The normalized spacial score (nSPS) is 16.7. The van der Waals surface area contributed by atoms with E-state index in [9.17, 15) is 29.1 Å². The highest BCUT2D eigenvalue weighted by Gasteiger charge is 2.32. The first kappa shape index (κ1) is 28.6. The molecule has 178 valence electrons. The van der Waals surface area contributed by atoms with Gasteiger partial charge in [-0.25, -0.2) is 4.79 Å². The number of hydrogen-bond donors (Lipinski definition) is 8. The van der Waals surface area contributed by atoms with Crippen molar-refractivity contribution < 1.29 is 39.3 Å². The molecule has 0 aromatic heterocycles. The molecule has 0 aliphatic rings. The number of amides is 3. The molecule has 8 N–H and O–H groups in total. The standard InChI is InChI=1S/C18H32N4O8S/c1-4-8(2)13(19)17(28)21-11(7-31)16(27)20-10(5-6-12(24)25)15(26)22-14(9(3)23)18(29)30/h8-11,13-14,23,31H,4-7,19H2,1-3H3,(H,20,27)(H,21,28)(H,22,26)(H,24,25)(H,29,30). The molecule has 0 rings (SSSR count). The Bertz CT molecular complexity index is 660. The van der Waals surface area contributed by atoms with E-state index in [1.807, 2.05) is 6.92 Å². The molecular formula is C18H32N4O8S. The van der Waals surface area contributed by atoms with Crippen molar-refractivity contribution in [1.82, 2.24) is 16.0 Å². The van der Waals surface area contributed by atoms with Gasteiger partial charge in [0.2, 0.25) is 17.7 Å². The smallest absolute Gasteiger partial charge is 0.328 e. The lowest BCUT2D eigenvalue weighted by atomic mass is 9.99. The summed E-state index contributed by atoms with van der Waals surface area (Å²) in [6.07, 6.45) is -1.65. The summed E-state index contributed by atoms with van der Waals surface area (Å²) in [6.45, 7) is 4.77. The molecule has 0 spiro atoms. The zero-order chi connectivity index (χ0) is 24.3. The van der Waals surface area contributed by atoms with Crippen LogP contribution in [0.2, 0.25) is 0 Å². The molecule has 6 unspecified atom stereocenters. The maximum Gasteiger partial charge on any atom is 0.328 e. The molecule has 3 amide bonds. The van der Waals surface area contributed by atoms with Crippen LogP contribution in [-0.2, 0) is 24.0 Å². The second kappa shape index (κ2) is 13.8. The van der Waals surface area contributed by atoms with Crippen LogP contribution in [0.3, 0.4) is 0 Å². The van der Waals surface area contributed by atoms with Gasteiger partial charge in [0.15, 0.2) is 6.04 Å². The van der Waals surface area contributed by atoms with Crippen molar-refractivity contribution in [2.24, 2.45) is 11.7 Å². The number of carboxylic acid groups (broad SMARTS) is 2. The van der Waals surface area contributed by atoms with E-state index >= 15 is 0 Å². The minimum absolute atomic E-state index is 0.135. The van der Waals surface area contributed by atoms with E-state index in [0.717, 1.165) is 6.92 Å². The third-order valence-corrected chi connectivity index (χ3v) is 5.07. The van der Waals surface area contributed by atoms with Crippen LogP contribution in [0.25, 0.3) is 0 Å². The van der Waals surface area contributed by atoms with Crippen molar-refractivity contribution in [2.45, 2.75) is 70.3 Å². The van der Waals surface area contributed by atoms with Crippen LogP contribution in [-0.4, -0.2) is 81.0 Å². The number of rotatable bonds is 14. The average Bonchev–Trinajstić information content (AvgIpc) is 2.70. The molecule has 0 saturated heterocycles. The van der Waals surface area contributed by atoms with Crippen LogP contribution < -0.4 is 21.7 Å². The zero-order valence-corrected chi connectivity index (χ0v) is 18.6. The van der Waals surface area contributed by atoms with Crippen LogP contribution >= 0.6 is 12.6 Å². The van der Waals surface area contributed by atoms with Gasteiger partial charge in [-0.15, -0.1) is 0 Å². The van der Waals surface area contributed by atoms with Gasteiger partial charge in [0.1, 0.15) is 12.1 Å². The molecule has 0 saturated carbocycles. The van der Waals surface area contributed by atoms with Crippen molar-refractivity contribution >= 4 is 42.3 Å². The van der Waals surface area contributed by atoms with E-state index in [2.05, 4.69) is 28.6 Å². The Kier molecular flexibility index (Phi) is 12.8. The summed E-state index contributed by atoms with van der Waals surface area (Å²) in [4.78, 5) is 59.4. The van der Waals surface area contributed by atoms with Gasteiger partial charge in [-0.1, -0.05) is 20.3 Å². The predicted octanol–water partition coefficient (Wildman–Crippen LogP) is -1.93. The van der Waals surface area contributed by atoms with Gasteiger partial charge in [0.05, 0.1) is 12.1 Å². The van der Waals surface area contributed by atoms with Gasteiger partial charge in [-0.2, -0.15) is 12.6 Å². The van der Waals surface area contributed by atoms with Gasteiger partial charge in [0.25, 0.3) is 0 Å². The van der Waals surface area contributed by atoms with Gasteiger partial charge < -0.3 is 37.0 Å². The molecule has 0 bridgehead atoms. The Morgan fingerprint density at radius 1 is 0.935 bits per heavy atom. The number of hydrogen-bond acceptors (Lipinski definition) is 8. The molecule has 6 atom stereocenters. The fourth-order valence-electron chi connectivity index (χ4n) is 2.43. The molecule has 0 heterocycles. The summed E-state index contributed by atoms with van der Waals surface area (Å²) in [7, 11) is 0. The van der Waals surface area contributed by atoms with Crippen molar-refractivity contribution in [1.29, 1.82) is 0 Å². The number of carbonyl (C=O) groups excluding carboxylic acids is 3. The van der Waals surface area contributed by atoms with Crippen LogP contribution in [0.5, 0.6) is 0 Å². The zero-order valence-electron chi connectivity index (χ0n) is 17.7. The summed E-state index contributed by atoms with van der Waals surface area (Å²) >= 11 is 4.02. The summed E-state index contributed by atoms with van der Waals surface area (Å²) < 4.78 is 0. The van der Waals surface area contributed by atoms with Gasteiger partial charge in [0, 0.05) is 12.2 Å². The van der Waals surface area contributed by atoms with Crippen LogP contribution in [0.1, 0.15) is 40.0 Å². The van der Waals surface area contributed by atoms with E-state index in [4.69, 9.17) is 15.9 Å². The number of nitrogens with two attached hydrogens (primary N) is 1. The predicted molar refractivity (Wildman–Crippen MR) is 113 cm³/mol. The van der Waals surface area contributed by atoms with Crippen LogP contribution in [0.4, 0.5) is 0 Å². The Labute approximate surface area is 185 Å². The topological polar surface area (TPSA) is 208 Å². The third-order valence-electron chi connectivity index (χ3n) is 4.70. The summed E-state index contributed by atoms with van der Waals surface area (Å²) in [5.74, 6) is -5.44. The number of aliphatic hydroxyl groups is 1. The van der Waals surface area contributed by atoms with Crippen LogP contribution in [0.15, 0.2) is 0 Å². The highest BCUT2D eigenvalue weighted by atomic mass is 32.1. The lowest BCUT2D eigenvalue weighted by molar-refractivity contribution is -0.145. The van der Waals surface area contributed by atoms with Crippen molar-refractivity contribution in [3.8, 4) is 0 Å². The Balaban J connectivity index is 5.36. The third kappa shape index (κ3) is 9.98. The first-order valence-corrected chi connectivity index (χ1v) is 10.4. The largest absolute Gasteiger partial charge is 0.481 e. The molecule has 31 heavy (non-hydrogen) atoms. The minimum Gasteiger partial charge on any atom is -0.481 e. The number of carbonyl (C=O) groups is 5. The number of carboxylic acids is 2. The molecular weight excluding hydrogens is 432 g/mol. The SMILES string of the molecule is CCC(C)C(N)C(=O)NC(CS)C(=O)NC(CCC(=O)O)C(=O)NC(C(=O)O)C(C)O. The fraction of sp³-hybridized carbons (Fsp3) is 0.722. The fourth-order valence-corrected chi connectivity index (χ4v) is 2.68. The van der Waals surface area contributed by atoms with E-state index in [-0.39, 0.29) is 18.1 Å². The van der Waals surface area contributed by atoms with Gasteiger partial charge in [-0.3, -0.25) is 19.2 Å². The first-order valence-electron chi connectivity index (χ1n) is 9.75. The highest BCUT2D eigenvalue weighted by Crippen LogP contribution is 2.07. The molecule has 0 aromatic carbocycles. The second-order valence-electron chi connectivity index (χ2n) is 7.21. The minimum atomic E-state index is -1.66. The first-order chi connectivity index (χ1) is 14.3. The summed E-state index contributed by atoms with van der Waals surface area (Å²) in [5, 5.41) is 34.3. The van der Waals surface area contributed by atoms with Crippen LogP contribution in [0, 0.1) is 5.92 Å². The molecule has 0 fully saturated rings. The van der Waals surface area contributed by atoms with Crippen molar-refractivity contribution in [3.05, 3.63) is 0 Å². The highest BCUT2D eigenvalue weighted by molar-refractivity contribution is 7.80. The number of aliphatic carboxylic acids is 2. The van der Waals surface area contributed by atoms with Gasteiger partial charge in [-0.05, 0) is 19.3 Å². The Morgan fingerprint density at radius 3 is 1.87 bits per heavy atom. The number of nitrogens with one attached hydrogen (secondary N) is 3. The van der Waals surface area contributed by atoms with E-state index in [0.29, 0.717) is 6.42 Å². The maximum atomic E-state index is 12.6. The van der Waals surface area contributed by atoms with E-state index in [1.54, 1.807) is 6.92 Å². The Hall–Kier alpha value is -2.38. The summed E-state index contributed by atoms with van der Waals surface area (Å²) in [5.41, 5.74) is 5.84. The molecule has 13 heteroatoms. The van der Waals surface area contributed by atoms with Gasteiger partial charge >= 0.3 is 11.9 Å². The second-order valence-corrected chi connectivity index (χ2v) is 7.58. The maximum absolute atomic E-state index is 12.6. The summed E-state index contributed by atoms with van der Waals surface area (Å²) in [6, 6.07) is -5.12. The van der Waals surface area contributed by atoms with E-state index < -0.39 is 66.4 Å². The molecule has 0 aliphatic carbocycles. The lowest BCUT2D eigenvalue weighted by Crippen LogP contribution is -2.59. The number of aliphatic hydroxyl groups excluding tert-OH is 1. The molecule has 0 aromatic rings. The van der Waals surface area contributed by atoms with E-state index in [1.165, 1.54) is 0 Å². The Morgan fingerprint density at radius 2 is 1.45 bits per heavy atom. The lowest BCUT2D eigenvalue weighted by Gasteiger charge is -2.25. The molecule has 0 aliphatic heterocycles. The average molecular weight is 465 g/mol. The molecule has 0 radical (unpaired) electrons. The number of thiol groups is 1. The quantitative estimate of drug-likeness (QED) is 0.134. The van der Waals surface area contributed by atoms with Crippen molar-refractivity contribution in [2.75, 3.05) is 5.75 Å².